The fraction of sp³-hybridized carbons (Fsp3) is 0.538. The second-order valence-electron chi connectivity index (χ2n) is 10.2. The van der Waals surface area contributed by atoms with Crippen molar-refractivity contribution in [1.29, 1.82) is 0 Å². The van der Waals surface area contributed by atoms with E-state index in [-0.39, 0.29) is 30.0 Å². The van der Waals surface area contributed by atoms with Crippen molar-refractivity contribution >= 4 is 27.2 Å². The smallest absolute Gasteiger partial charge is 0.313 e. The molecule has 2 atom stereocenters. The lowest BCUT2D eigenvalue weighted by molar-refractivity contribution is -0.423. The van der Waals surface area contributed by atoms with Gasteiger partial charge in [-0.3, -0.25) is 15.2 Å². The zero-order chi connectivity index (χ0) is 26.7. The van der Waals surface area contributed by atoms with Crippen molar-refractivity contribution in [3.63, 3.8) is 0 Å². The maximum Gasteiger partial charge on any atom is 0.313 e. The van der Waals surface area contributed by atoms with E-state index in [1.165, 1.54) is 6.26 Å². The summed E-state index contributed by atoms with van der Waals surface area (Å²) in [4.78, 5) is 12.8. The molecular formula is C26H37N6O4S+. The van der Waals surface area contributed by atoms with E-state index < -0.39 is 21.9 Å². The number of carbonyl (C=O) groups excluding carboxylic acids is 1. The lowest BCUT2D eigenvalue weighted by Gasteiger charge is -2.34. The number of aliphatic hydroxyl groups is 1. The fourth-order valence-corrected chi connectivity index (χ4v) is 6.97. The van der Waals surface area contributed by atoms with Gasteiger partial charge in [0.15, 0.2) is 6.17 Å². The second kappa shape index (κ2) is 11.2. The van der Waals surface area contributed by atoms with Crippen LogP contribution >= 0.6 is 0 Å². The molecule has 1 aliphatic carbocycles. The molecule has 0 radical (unpaired) electrons. The van der Waals surface area contributed by atoms with Gasteiger partial charge < -0.3 is 5.11 Å². The molecule has 10 nitrogen and oxygen atoms in total. The van der Waals surface area contributed by atoms with E-state index in [1.54, 1.807) is 36.2 Å². The molecule has 2 aliphatic rings. The van der Waals surface area contributed by atoms with Crippen LogP contribution in [0.3, 0.4) is 0 Å². The van der Waals surface area contributed by atoms with Crippen molar-refractivity contribution < 1.29 is 22.9 Å². The predicted molar refractivity (Wildman–Crippen MR) is 142 cm³/mol. The molecule has 37 heavy (non-hydrogen) atoms. The van der Waals surface area contributed by atoms with Crippen LogP contribution < -0.4 is 5.73 Å². The Kier molecular flexibility index (Phi) is 8.25. The molecule has 0 aromatic carbocycles. The number of fused-ring (bicyclic) bond motifs is 1. The van der Waals surface area contributed by atoms with Gasteiger partial charge in [-0.05, 0) is 38.5 Å². The minimum Gasteiger partial charge on any atom is -0.392 e. The summed E-state index contributed by atoms with van der Waals surface area (Å²) in [6, 6.07) is 0. The number of carbonyl (C=O) groups is 1. The molecule has 2 aromatic heterocycles. The summed E-state index contributed by atoms with van der Waals surface area (Å²) in [6.45, 7) is 2.16. The van der Waals surface area contributed by atoms with Crippen molar-refractivity contribution in [1.82, 2.24) is 19.6 Å². The number of aromatic nitrogens is 4. The number of nitrogens with two attached hydrogens (primary N) is 1. The van der Waals surface area contributed by atoms with Crippen molar-refractivity contribution in [2.45, 2.75) is 45.3 Å². The molecule has 1 fully saturated rings. The SMILES string of the molecule is CC(=O)C1C(C2CCC(CS(C)(=O)=O)CC2)=[N+](C)c2c(-c3cnn(CC=CC=CCO)c3)cnn2C1N. The van der Waals surface area contributed by atoms with Crippen LogP contribution in [0.15, 0.2) is 42.9 Å². The van der Waals surface area contributed by atoms with E-state index in [4.69, 9.17) is 10.8 Å². The van der Waals surface area contributed by atoms with Crippen LogP contribution in [0.2, 0.25) is 0 Å². The average Bonchev–Trinajstić information content (AvgIpc) is 3.48. The molecule has 0 amide bonds. The summed E-state index contributed by atoms with van der Waals surface area (Å²) in [5.74, 6) is 0.877. The molecule has 200 valence electrons. The third-order valence-electron chi connectivity index (χ3n) is 7.38. The van der Waals surface area contributed by atoms with E-state index >= 15 is 0 Å². The molecule has 0 saturated heterocycles. The number of aliphatic hydroxyl groups excluding tert-OH is 1. The molecule has 2 aromatic rings. The third kappa shape index (κ3) is 6.00. The van der Waals surface area contributed by atoms with Gasteiger partial charge in [0.2, 0.25) is 0 Å². The molecule has 0 spiro atoms. The lowest BCUT2D eigenvalue weighted by Crippen LogP contribution is -2.48. The first-order chi connectivity index (χ1) is 17.6. The summed E-state index contributed by atoms with van der Waals surface area (Å²) in [7, 11) is -1.05. The van der Waals surface area contributed by atoms with Crippen LogP contribution in [0, 0.1) is 17.8 Å². The van der Waals surface area contributed by atoms with Gasteiger partial charge in [0.25, 0.3) is 0 Å². The zero-order valence-corrected chi connectivity index (χ0v) is 22.5. The highest BCUT2D eigenvalue weighted by molar-refractivity contribution is 7.90. The topological polar surface area (TPSA) is 136 Å². The van der Waals surface area contributed by atoms with Crippen molar-refractivity contribution in [3.05, 3.63) is 42.9 Å². The Hall–Kier alpha value is -2.89. The highest BCUT2D eigenvalue weighted by Gasteiger charge is 2.47. The van der Waals surface area contributed by atoms with E-state index in [0.717, 1.165) is 48.3 Å². The Labute approximate surface area is 218 Å². The minimum absolute atomic E-state index is 0.00422. The number of nitrogens with zero attached hydrogens (tertiary/aromatic N) is 5. The van der Waals surface area contributed by atoms with Gasteiger partial charge in [-0.15, -0.1) is 4.68 Å². The highest BCUT2D eigenvalue weighted by atomic mass is 32.2. The first-order valence-corrected chi connectivity index (χ1v) is 14.7. The van der Waals surface area contributed by atoms with E-state index in [9.17, 15) is 13.2 Å². The van der Waals surface area contributed by atoms with Gasteiger partial charge in [0.1, 0.15) is 21.5 Å². The lowest BCUT2D eigenvalue weighted by atomic mass is 9.75. The van der Waals surface area contributed by atoms with E-state index in [0.29, 0.717) is 6.54 Å². The summed E-state index contributed by atoms with van der Waals surface area (Å²) < 4.78 is 29.2. The van der Waals surface area contributed by atoms with E-state index in [2.05, 4.69) is 14.8 Å². The molecule has 0 bridgehead atoms. The standard InChI is InChI=1S/C26H37N6O4S/c1-18(34)23-24(20-10-8-19(9-11-20)17-37(3,35)36)30(2)26-22(15-29-32(26)25(23)27)21-14-28-31(16-21)12-6-4-5-7-13-33/h4-7,14-16,19-20,23,25,33H,8-13,17,27H2,1-3H3/q+1. The number of allylic oxidation sites excluding steroid dienone is 3. The average molecular weight is 530 g/mol. The number of sulfone groups is 1. The summed E-state index contributed by atoms with van der Waals surface area (Å²) in [5.41, 5.74) is 9.45. The Bertz CT molecular complexity index is 1330. The Balaban J connectivity index is 1.64. The van der Waals surface area contributed by atoms with E-state index in [1.807, 2.05) is 30.1 Å². The second-order valence-corrected chi connectivity index (χ2v) is 12.4. The number of ketones is 1. The van der Waals surface area contributed by atoms with Gasteiger partial charge in [-0.25, -0.2) is 13.0 Å². The number of rotatable bonds is 9. The Morgan fingerprint density at radius 1 is 1.19 bits per heavy atom. The van der Waals surface area contributed by atoms with Crippen LogP contribution in [-0.4, -0.2) is 74.8 Å². The molecule has 2 unspecified atom stereocenters. The van der Waals surface area contributed by atoms with Crippen LogP contribution in [0.5, 0.6) is 0 Å². The number of hydrogen-bond acceptors (Lipinski definition) is 7. The minimum atomic E-state index is -3.02. The first-order valence-electron chi connectivity index (χ1n) is 12.7. The van der Waals surface area contributed by atoms with Gasteiger partial charge >= 0.3 is 5.82 Å². The largest absolute Gasteiger partial charge is 0.392 e. The summed E-state index contributed by atoms with van der Waals surface area (Å²) in [6.07, 6.45) is 16.7. The molecule has 3 heterocycles. The van der Waals surface area contributed by atoms with Crippen molar-refractivity contribution in [2.75, 3.05) is 25.7 Å². The maximum absolute atomic E-state index is 12.8. The Morgan fingerprint density at radius 2 is 1.89 bits per heavy atom. The number of hydrogen-bond donors (Lipinski definition) is 2. The summed E-state index contributed by atoms with van der Waals surface area (Å²) in [5, 5.41) is 17.9. The van der Waals surface area contributed by atoms with Gasteiger partial charge in [0, 0.05) is 23.9 Å². The highest BCUT2D eigenvalue weighted by Crippen LogP contribution is 2.41. The fourth-order valence-electron chi connectivity index (χ4n) is 5.78. The van der Waals surface area contributed by atoms with Gasteiger partial charge in [-0.1, -0.05) is 29.4 Å². The van der Waals surface area contributed by atoms with Gasteiger partial charge in [0.05, 0.1) is 49.6 Å². The Morgan fingerprint density at radius 3 is 2.54 bits per heavy atom. The zero-order valence-electron chi connectivity index (χ0n) is 21.7. The van der Waals surface area contributed by atoms with Crippen LogP contribution in [0.1, 0.15) is 38.8 Å². The van der Waals surface area contributed by atoms with Crippen molar-refractivity contribution in [3.8, 4) is 11.1 Å². The van der Waals surface area contributed by atoms with Crippen LogP contribution in [-0.2, 0) is 21.2 Å². The van der Waals surface area contributed by atoms with Gasteiger partial charge in [-0.2, -0.15) is 5.10 Å². The molecule has 1 saturated carbocycles. The molecule has 3 N–H and O–H groups in total. The van der Waals surface area contributed by atoms with Crippen LogP contribution in [0.25, 0.3) is 11.1 Å². The summed E-state index contributed by atoms with van der Waals surface area (Å²) >= 11 is 0. The predicted octanol–water partition coefficient (Wildman–Crippen LogP) is 2.09. The number of Topliss-reactive ketones (excluding diaryl/α,β-unsaturated/α-hetero) is 1. The molecular weight excluding hydrogens is 492 g/mol. The normalized spacial score (nSPS) is 24.8. The maximum atomic E-state index is 12.8. The first kappa shape index (κ1) is 27.2. The monoisotopic (exact) mass is 529 g/mol. The quantitative estimate of drug-likeness (QED) is 0.375. The van der Waals surface area contributed by atoms with Crippen molar-refractivity contribution in [2.24, 2.45) is 23.5 Å². The third-order valence-corrected chi connectivity index (χ3v) is 8.46. The molecule has 1 aliphatic heterocycles. The molecule has 4 rings (SSSR count). The molecule has 11 heteroatoms. The van der Waals surface area contributed by atoms with Crippen LogP contribution in [0.4, 0.5) is 5.82 Å².